The lowest BCUT2D eigenvalue weighted by molar-refractivity contribution is -0.00875. The van der Waals surface area contributed by atoms with Gasteiger partial charge in [0.15, 0.2) is 0 Å². The molecule has 10 atom stereocenters. The van der Waals surface area contributed by atoms with Crippen LogP contribution < -0.4 is 0 Å². The number of hydrogen-bond donors (Lipinski definition) is 7. The molecule has 0 aromatic rings. The summed E-state index contributed by atoms with van der Waals surface area (Å²) in [5, 5.41) is 61.4. The molecule has 28 heavy (non-hydrogen) atoms. The first-order valence-electron chi connectivity index (χ1n) is 8.92. The van der Waals surface area contributed by atoms with E-state index < -0.39 is 54.6 Å². The third-order valence-corrected chi connectivity index (χ3v) is 4.45. The summed E-state index contributed by atoms with van der Waals surface area (Å²) in [5.41, 5.74) is 0. The average Bonchev–Trinajstić information content (AvgIpc) is 3.26. The Balaban J connectivity index is 0.000000210. The van der Waals surface area contributed by atoms with Crippen molar-refractivity contribution in [2.45, 2.75) is 73.6 Å². The van der Waals surface area contributed by atoms with Gasteiger partial charge in [0, 0.05) is 24.4 Å². The second-order valence-electron chi connectivity index (χ2n) is 6.71. The molecule has 0 aromatic carbocycles. The van der Waals surface area contributed by atoms with E-state index in [1.165, 1.54) is 0 Å². The first-order valence-corrected chi connectivity index (χ1v) is 8.92. The highest BCUT2D eigenvalue weighted by Crippen LogP contribution is 2.19. The van der Waals surface area contributed by atoms with Gasteiger partial charge < -0.3 is 50.0 Å². The van der Waals surface area contributed by atoms with Crippen LogP contribution in [0.25, 0.3) is 0 Å². The Bertz CT molecular complexity index is 427. The predicted octanol–water partition coefficient (Wildman–Crippen LogP) is -5.16. The molecule has 3 saturated heterocycles. The van der Waals surface area contributed by atoms with E-state index >= 15 is 0 Å². The summed E-state index contributed by atoms with van der Waals surface area (Å²) in [6, 6.07) is -1.90. The smallest absolute Gasteiger partial charge is 0.112 e. The predicted molar refractivity (Wildman–Crippen MR) is 97.8 cm³/mol. The molecule has 156 valence electrons. The maximum atomic E-state index is 9.01. The molecular weight excluding hydrogens is 373 g/mol. The molecule has 3 heterocycles. The van der Waals surface area contributed by atoms with Crippen molar-refractivity contribution in [1.82, 2.24) is 0 Å². The molecule has 3 aliphatic heterocycles. The van der Waals surface area contributed by atoms with Gasteiger partial charge in [0.25, 0.3) is 0 Å². The lowest BCUT2D eigenvalue weighted by Crippen LogP contribution is -2.33. The van der Waals surface area contributed by atoms with E-state index in [1.54, 1.807) is 0 Å². The van der Waals surface area contributed by atoms with Crippen molar-refractivity contribution < 1.29 is 50.0 Å². The van der Waals surface area contributed by atoms with E-state index in [-0.39, 0.29) is 25.9 Å². The third-order valence-electron chi connectivity index (χ3n) is 4.45. The Morgan fingerprint density at radius 2 is 1.25 bits per heavy atom. The minimum absolute atomic E-state index is 0.0647. The van der Waals surface area contributed by atoms with E-state index in [4.69, 9.17) is 73.5 Å². The van der Waals surface area contributed by atoms with Crippen LogP contribution in [0.5, 0.6) is 0 Å². The molecule has 6 radical (unpaired) electrons. The van der Waals surface area contributed by atoms with Crippen LogP contribution >= 0.6 is 0 Å². The summed E-state index contributed by atoms with van der Waals surface area (Å²) in [4.78, 5) is 0. The molecule has 0 aromatic heterocycles. The van der Waals surface area contributed by atoms with Crippen LogP contribution in [0.3, 0.4) is 0 Å². The summed E-state index contributed by atoms with van der Waals surface area (Å²) in [6.07, 6.45) is -3.98. The lowest BCUT2D eigenvalue weighted by atomic mass is 9.93. The van der Waals surface area contributed by atoms with Crippen molar-refractivity contribution in [2.75, 3.05) is 19.8 Å². The van der Waals surface area contributed by atoms with Gasteiger partial charge in [-0.15, -0.1) is 0 Å². The van der Waals surface area contributed by atoms with Gasteiger partial charge in [0.2, 0.25) is 0 Å². The second kappa shape index (κ2) is 12.5. The minimum Gasteiger partial charge on any atom is -0.394 e. The molecular formula is C15H27B3O10. The summed E-state index contributed by atoms with van der Waals surface area (Å²) < 4.78 is 14.6. The van der Waals surface area contributed by atoms with Gasteiger partial charge in [-0.2, -0.15) is 0 Å². The van der Waals surface area contributed by atoms with E-state index in [9.17, 15) is 0 Å². The third kappa shape index (κ3) is 7.56. The van der Waals surface area contributed by atoms with Crippen molar-refractivity contribution in [1.29, 1.82) is 0 Å². The Morgan fingerprint density at radius 3 is 1.46 bits per heavy atom. The van der Waals surface area contributed by atoms with Gasteiger partial charge in [-0.1, -0.05) is 0 Å². The molecule has 10 nitrogen and oxygen atoms in total. The van der Waals surface area contributed by atoms with Crippen molar-refractivity contribution >= 4 is 23.5 Å². The molecule has 2 unspecified atom stereocenters. The van der Waals surface area contributed by atoms with Crippen LogP contribution in [0.1, 0.15) is 12.8 Å². The van der Waals surface area contributed by atoms with Crippen molar-refractivity contribution in [3.05, 3.63) is 0 Å². The number of aliphatic hydroxyl groups excluding tert-OH is 7. The van der Waals surface area contributed by atoms with Crippen LogP contribution in [0.2, 0.25) is 0 Å². The highest BCUT2D eigenvalue weighted by atomic mass is 16.6. The normalized spacial score (nSPS) is 45.1. The van der Waals surface area contributed by atoms with Gasteiger partial charge in [0.05, 0.1) is 44.2 Å². The number of aliphatic hydroxyl groups is 7. The summed E-state index contributed by atoms with van der Waals surface area (Å²) >= 11 is 0. The van der Waals surface area contributed by atoms with Gasteiger partial charge in [-0.25, -0.2) is 0 Å². The molecule has 0 aliphatic carbocycles. The lowest BCUT2D eigenvalue weighted by Gasteiger charge is -2.10. The van der Waals surface area contributed by atoms with Crippen LogP contribution in [-0.2, 0) is 14.2 Å². The Labute approximate surface area is 167 Å². The van der Waals surface area contributed by atoms with Gasteiger partial charge in [-0.3, -0.25) is 0 Å². The van der Waals surface area contributed by atoms with E-state index in [2.05, 4.69) is 0 Å². The molecule has 3 rings (SSSR count). The van der Waals surface area contributed by atoms with Crippen LogP contribution in [0, 0.1) is 0 Å². The zero-order valence-electron chi connectivity index (χ0n) is 15.4. The monoisotopic (exact) mass is 400 g/mol. The van der Waals surface area contributed by atoms with Crippen molar-refractivity contribution in [3.63, 3.8) is 0 Å². The van der Waals surface area contributed by atoms with Crippen LogP contribution in [0.15, 0.2) is 0 Å². The first kappa shape index (κ1) is 25.8. The quantitative estimate of drug-likeness (QED) is 0.228. The minimum atomic E-state index is -1.09. The molecule has 3 aliphatic rings. The van der Waals surface area contributed by atoms with Gasteiger partial charge in [-0.05, 0) is 6.42 Å². The largest absolute Gasteiger partial charge is 0.394 e. The topological polar surface area (TPSA) is 169 Å². The molecule has 3 fully saturated rings. The van der Waals surface area contributed by atoms with Crippen molar-refractivity contribution in [3.8, 4) is 0 Å². The van der Waals surface area contributed by atoms with E-state index in [0.717, 1.165) is 0 Å². The molecule has 0 spiro atoms. The fourth-order valence-electron chi connectivity index (χ4n) is 2.74. The molecule has 0 bridgehead atoms. The van der Waals surface area contributed by atoms with Gasteiger partial charge in [0.1, 0.15) is 41.9 Å². The fourth-order valence-corrected chi connectivity index (χ4v) is 2.74. The molecule has 0 saturated carbocycles. The van der Waals surface area contributed by atoms with Crippen LogP contribution in [0.4, 0.5) is 0 Å². The zero-order chi connectivity index (χ0) is 21.4. The van der Waals surface area contributed by atoms with Gasteiger partial charge >= 0.3 is 0 Å². The summed E-state index contributed by atoms with van der Waals surface area (Å²) in [7, 11) is 15.7. The van der Waals surface area contributed by atoms with Crippen LogP contribution in [-0.4, -0.2) is 140 Å². The SMILES string of the molecule is [B][C@@H]1O[C@H](CO)CC1O.[B][C@@H]1O[C@H](CO)[C@H](O)C1O.[B][C@H]1C[C@@H](O)[C@@H](CO)O1. The maximum absolute atomic E-state index is 9.01. The van der Waals surface area contributed by atoms with E-state index in [1.807, 2.05) is 0 Å². The van der Waals surface area contributed by atoms with Crippen molar-refractivity contribution in [2.24, 2.45) is 0 Å². The number of hydrogen-bond acceptors (Lipinski definition) is 10. The van der Waals surface area contributed by atoms with E-state index in [0.29, 0.717) is 12.8 Å². The molecule has 7 N–H and O–H groups in total. The zero-order valence-corrected chi connectivity index (χ0v) is 15.4. The maximum Gasteiger partial charge on any atom is 0.112 e. The Morgan fingerprint density at radius 1 is 0.643 bits per heavy atom. The number of ether oxygens (including phenoxy) is 3. The molecule has 0 amide bonds. The summed E-state index contributed by atoms with van der Waals surface area (Å²) in [5.74, 6) is 0. The Kier molecular flexibility index (Phi) is 11.5. The highest BCUT2D eigenvalue weighted by molar-refractivity contribution is 6.12. The average molecular weight is 400 g/mol. The number of rotatable bonds is 3. The second-order valence-corrected chi connectivity index (χ2v) is 6.71. The summed E-state index contributed by atoms with van der Waals surface area (Å²) in [6.45, 7) is -0.550. The fraction of sp³-hybridized carbons (Fsp3) is 1.00. The molecule has 13 heteroatoms. The first-order chi connectivity index (χ1) is 13.1. The highest BCUT2D eigenvalue weighted by Gasteiger charge is 2.39. The Hall–Kier alpha value is -0.205. The standard InChI is InChI=1S/C5H9BO4.2C5H9BO3/c6-5-4(9)3(8)2(1-7)10-5;6-5-1-3(8)4(2-7)9-5;6-5-4(8)1-3(2-7)9-5/h2-5,7-9H,1H2;2*3-5,7-8H,1-2H2/t2-,3+,4?,5-;3-,4-,5-;3-,4?,5+/m110/s1.